The molecule has 0 spiro atoms. The van der Waals surface area contributed by atoms with Crippen molar-refractivity contribution in [2.24, 2.45) is 0 Å². The molecular weight excluding hydrogens is 643 g/mol. The Bertz CT molecular complexity index is 2550. The first-order valence-electron chi connectivity index (χ1n) is 16.8. The van der Waals surface area contributed by atoms with Gasteiger partial charge >= 0.3 is 0 Å². The van der Waals surface area contributed by atoms with E-state index in [1.54, 1.807) is 11.3 Å². The summed E-state index contributed by atoms with van der Waals surface area (Å²) in [4.78, 5) is 26.0. The van der Waals surface area contributed by atoms with Crippen LogP contribution in [0, 0.1) is 0 Å². The second kappa shape index (κ2) is 13.3. The fourth-order valence-corrected chi connectivity index (χ4v) is 7.20. The van der Waals surface area contributed by atoms with Crippen LogP contribution in [-0.4, -0.2) is 24.9 Å². The molecule has 5 nitrogen and oxygen atoms in total. The van der Waals surface area contributed by atoms with Crippen molar-refractivity contribution in [1.82, 2.24) is 24.9 Å². The molecule has 3 heterocycles. The molecule has 0 aliphatic heterocycles. The van der Waals surface area contributed by atoms with Crippen molar-refractivity contribution < 1.29 is 0 Å². The van der Waals surface area contributed by atoms with Crippen molar-refractivity contribution >= 4 is 21.4 Å². The standard InChI is InChI=1S/C45H29N5S/c1-4-14-30(15-5-1)42-46-38(29-39(47-42)41-28-36-20-10-11-25-40(36)51-41)35-23-12-21-33(26-35)34-22-13-24-37(27-34)45-49-43(31-16-6-2-7-17-31)48-44(50-45)32-18-8-3-9-19-32/h1-29H. The van der Waals surface area contributed by atoms with E-state index >= 15 is 0 Å². The first kappa shape index (κ1) is 30.4. The number of rotatable bonds is 7. The number of nitrogens with zero attached hydrogens (tertiary/aromatic N) is 5. The fraction of sp³-hybridized carbons (Fsp3) is 0. The Hall–Kier alpha value is -6.63. The minimum atomic E-state index is 0.622. The lowest BCUT2D eigenvalue weighted by Gasteiger charge is -2.11. The molecule has 0 N–H and O–H groups in total. The van der Waals surface area contributed by atoms with E-state index in [-0.39, 0.29) is 0 Å². The van der Waals surface area contributed by atoms with E-state index in [2.05, 4.69) is 97.1 Å². The van der Waals surface area contributed by atoms with Gasteiger partial charge in [-0.25, -0.2) is 24.9 Å². The molecule has 0 unspecified atom stereocenters. The lowest BCUT2D eigenvalue weighted by atomic mass is 9.99. The largest absolute Gasteiger partial charge is 0.228 e. The van der Waals surface area contributed by atoms with E-state index in [0.29, 0.717) is 23.3 Å². The topological polar surface area (TPSA) is 64.5 Å². The molecule has 9 aromatic rings. The Morgan fingerprint density at radius 3 is 1.31 bits per heavy atom. The third kappa shape index (κ3) is 6.32. The first-order chi connectivity index (χ1) is 25.2. The third-order valence-electron chi connectivity index (χ3n) is 8.75. The number of hydrogen-bond acceptors (Lipinski definition) is 6. The normalized spacial score (nSPS) is 11.1. The summed E-state index contributed by atoms with van der Waals surface area (Å²) >= 11 is 1.75. The fourth-order valence-electron chi connectivity index (χ4n) is 6.18. The summed E-state index contributed by atoms with van der Waals surface area (Å²) in [6.07, 6.45) is 0. The molecular formula is C45H29N5S. The Balaban J connectivity index is 1.13. The predicted molar refractivity (Wildman–Crippen MR) is 209 cm³/mol. The van der Waals surface area contributed by atoms with Crippen LogP contribution in [0.5, 0.6) is 0 Å². The van der Waals surface area contributed by atoms with Crippen LogP contribution >= 0.6 is 11.3 Å². The van der Waals surface area contributed by atoms with Gasteiger partial charge in [-0.3, -0.25) is 0 Å². The van der Waals surface area contributed by atoms with Gasteiger partial charge in [0.05, 0.1) is 16.3 Å². The Morgan fingerprint density at radius 2 is 0.725 bits per heavy atom. The van der Waals surface area contributed by atoms with E-state index in [0.717, 1.165) is 55.2 Å². The van der Waals surface area contributed by atoms with Gasteiger partial charge in [0.1, 0.15) is 0 Å². The molecule has 0 saturated carbocycles. The molecule has 6 heteroatoms. The van der Waals surface area contributed by atoms with Crippen LogP contribution in [0.1, 0.15) is 0 Å². The van der Waals surface area contributed by atoms with Crippen molar-refractivity contribution in [2.75, 3.05) is 0 Å². The second-order valence-electron chi connectivity index (χ2n) is 12.2. The molecule has 51 heavy (non-hydrogen) atoms. The molecule has 0 atom stereocenters. The number of thiophene rings is 1. The third-order valence-corrected chi connectivity index (χ3v) is 9.89. The van der Waals surface area contributed by atoms with Gasteiger partial charge in [-0.1, -0.05) is 146 Å². The summed E-state index contributed by atoms with van der Waals surface area (Å²) in [5, 5.41) is 1.21. The molecule has 9 rings (SSSR count). The van der Waals surface area contributed by atoms with E-state index in [1.807, 2.05) is 78.9 Å². The van der Waals surface area contributed by atoms with Gasteiger partial charge in [0.25, 0.3) is 0 Å². The molecule has 0 radical (unpaired) electrons. The highest BCUT2D eigenvalue weighted by molar-refractivity contribution is 7.22. The van der Waals surface area contributed by atoms with E-state index in [1.165, 1.54) is 10.1 Å². The Kier molecular flexibility index (Phi) is 7.97. The minimum absolute atomic E-state index is 0.622. The minimum Gasteiger partial charge on any atom is -0.228 e. The lowest BCUT2D eigenvalue weighted by molar-refractivity contribution is 1.07. The summed E-state index contributed by atoms with van der Waals surface area (Å²) in [6, 6.07) is 60.0. The molecule has 0 aliphatic rings. The first-order valence-corrected chi connectivity index (χ1v) is 17.6. The van der Waals surface area contributed by atoms with Crippen LogP contribution in [0.3, 0.4) is 0 Å². The van der Waals surface area contributed by atoms with Crippen LogP contribution in [0.4, 0.5) is 0 Å². The summed E-state index contributed by atoms with van der Waals surface area (Å²) in [5.74, 6) is 2.60. The number of aromatic nitrogens is 5. The van der Waals surface area contributed by atoms with Crippen molar-refractivity contribution in [3.63, 3.8) is 0 Å². The van der Waals surface area contributed by atoms with Gasteiger partial charge in [0.2, 0.25) is 0 Å². The van der Waals surface area contributed by atoms with Crippen LogP contribution in [0.25, 0.3) is 88.6 Å². The zero-order valence-electron chi connectivity index (χ0n) is 27.4. The van der Waals surface area contributed by atoms with E-state index in [4.69, 9.17) is 24.9 Å². The average Bonchev–Trinajstić information content (AvgIpc) is 3.66. The van der Waals surface area contributed by atoms with Crippen molar-refractivity contribution in [3.05, 3.63) is 176 Å². The molecule has 240 valence electrons. The Labute approximate surface area is 299 Å². The SMILES string of the molecule is c1ccc(-c2nc(-c3cccc(-c4cccc(-c5nc(-c6ccccc6)nc(-c6ccccc6)n5)c4)c3)cc(-c3cc4ccccc4s3)n2)cc1. The maximum Gasteiger partial charge on any atom is 0.164 e. The summed E-state index contributed by atoms with van der Waals surface area (Å²) in [5.41, 5.74) is 8.68. The highest BCUT2D eigenvalue weighted by Crippen LogP contribution is 2.36. The van der Waals surface area contributed by atoms with Gasteiger partial charge in [0, 0.05) is 32.5 Å². The van der Waals surface area contributed by atoms with Gasteiger partial charge in [0.15, 0.2) is 23.3 Å². The lowest BCUT2D eigenvalue weighted by Crippen LogP contribution is -2.00. The van der Waals surface area contributed by atoms with Gasteiger partial charge in [-0.15, -0.1) is 11.3 Å². The number of hydrogen-bond donors (Lipinski definition) is 0. The highest BCUT2D eigenvalue weighted by atomic mass is 32.1. The number of benzene rings is 6. The maximum absolute atomic E-state index is 5.10. The second-order valence-corrected chi connectivity index (χ2v) is 13.3. The van der Waals surface area contributed by atoms with Crippen LogP contribution in [-0.2, 0) is 0 Å². The molecule has 0 bridgehead atoms. The summed E-state index contributed by atoms with van der Waals surface area (Å²) in [6.45, 7) is 0. The summed E-state index contributed by atoms with van der Waals surface area (Å²) < 4.78 is 1.24. The molecule has 0 amide bonds. The van der Waals surface area contributed by atoms with Crippen molar-refractivity contribution in [3.8, 4) is 78.5 Å². The van der Waals surface area contributed by atoms with E-state index < -0.39 is 0 Å². The zero-order valence-corrected chi connectivity index (χ0v) is 28.2. The number of fused-ring (bicyclic) bond motifs is 1. The molecule has 3 aromatic heterocycles. The molecule has 0 saturated heterocycles. The molecule has 0 aliphatic carbocycles. The average molecular weight is 672 g/mol. The van der Waals surface area contributed by atoms with Crippen molar-refractivity contribution in [2.45, 2.75) is 0 Å². The summed E-state index contributed by atoms with van der Waals surface area (Å²) in [7, 11) is 0. The molecule has 6 aromatic carbocycles. The zero-order chi connectivity index (χ0) is 34.0. The van der Waals surface area contributed by atoms with E-state index in [9.17, 15) is 0 Å². The Morgan fingerprint density at radius 1 is 0.294 bits per heavy atom. The van der Waals surface area contributed by atoms with Crippen LogP contribution < -0.4 is 0 Å². The molecule has 0 fully saturated rings. The van der Waals surface area contributed by atoms with Crippen LogP contribution in [0.2, 0.25) is 0 Å². The van der Waals surface area contributed by atoms with Gasteiger partial charge in [-0.05, 0) is 46.8 Å². The quantitative estimate of drug-likeness (QED) is 0.169. The van der Waals surface area contributed by atoms with Gasteiger partial charge in [-0.2, -0.15) is 0 Å². The smallest absolute Gasteiger partial charge is 0.164 e. The van der Waals surface area contributed by atoms with Crippen LogP contribution in [0.15, 0.2) is 176 Å². The van der Waals surface area contributed by atoms with Crippen molar-refractivity contribution in [1.29, 1.82) is 0 Å². The monoisotopic (exact) mass is 671 g/mol. The predicted octanol–water partition coefficient (Wildman–Crippen LogP) is 11.5. The highest BCUT2D eigenvalue weighted by Gasteiger charge is 2.15. The maximum atomic E-state index is 5.10. The van der Waals surface area contributed by atoms with Gasteiger partial charge < -0.3 is 0 Å².